The molecule has 5 rings (SSSR count). The third-order valence-electron chi connectivity index (χ3n) is 5.33. The molecule has 2 aromatic carbocycles. The number of aromatic nitrogens is 1. The van der Waals surface area contributed by atoms with Crippen LogP contribution in [0.1, 0.15) is 23.2 Å². The highest BCUT2D eigenvalue weighted by Crippen LogP contribution is 2.32. The van der Waals surface area contributed by atoms with E-state index in [0.29, 0.717) is 34.8 Å². The Hall–Kier alpha value is -4.08. The van der Waals surface area contributed by atoms with Gasteiger partial charge in [-0.1, -0.05) is 29.4 Å². The van der Waals surface area contributed by atoms with Gasteiger partial charge in [0.05, 0.1) is 29.7 Å². The molecule has 0 saturated heterocycles. The normalized spacial score (nSPS) is 15.6. The van der Waals surface area contributed by atoms with Crippen LogP contribution < -0.4 is 0 Å². The molecule has 10 heteroatoms. The average molecular weight is 470 g/mol. The number of alkyl halides is 3. The molecule has 0 unspecified atom stereocenters. The molecule has 1 aromatic heterocycles. The second-order valence-electron chi connectivity index (χ2n) is 7.65. The van der Waals surface area contributed by atoms with Gasteiger partial charge < -0.3 is 4.52 Å². The van der Waals surface area contributed by atoms with Crippen molar-refractivity contribution in [2.24, 2.45) is 10.1 Å². The Kier molecular flexibility index (Phi) is 5.35. The Morgan fingerprint density at radius 1 is 1.03 bits per heavy atom. The molecule has 0 N–H and O–H groups in total. The van der Waals surface area contributed by atoms with E-state index in [1.165, 1.54) is 30.5 Å². The number of halogens is 5. The van der Waals surface area contributed by atoms with Gasteiger partial charge >= 0.3 is 6.18 Å². The van der Waals surface area contributed by atoms with Gasteiger partial charge in [0, 0.05) is 29.0 Å². The molecule has 34 heavy (non-hydrogen) atoms. The number of hydrogen-bond acceptors (Lipinski definition) is 5. The second-order valence-corrected chi connectivity index (χ2v) is 7.65. The van der Waals surface area contributed by atoms with Crippen molar-refractivity contribution in [2.45, 2.75) is 19.1 Å². The van der Waals surface area contributed by atoms with Gasteiger partial charge in [-0.25, -0.2) is 13.8 Å². The van der Waals surface area contributed by atoms with Crippen LogP contribution in [0.4, 0.5) is 22.0 Å². The monoisotopic (exact) mass is 470 g/mol. The lowest BCUT2D eigenvalue weighted by atomic mass is 10.0. The standard InChI is InChI=1S/C24H15F5N4O/c25-19-3-1-2-18(23(19)26)20-9-6-15-12-33(30-11-21(15)31-20)13-17-10-22(34-32-17)14-4-7-16(8-5-14)24(27,28)29/h1-5,7-12H,6,13H2. The van der Waals surface area contributed by atoms with E-state index in [0.717, 1.165) is 23.8 Å². The first-order valence-corrected chi connectivity index (χ1v) is 10.2. The van der Waals surface area contributed by atoms with E-state index in [2.05, 4.69) is 15.3 Å². The summed E-state index contributed by atoms with van der Waals surface area (Å²) >= 11 is 0. The Bertz CT molecular complexity index is 1370. The predicted octanol–water partition coefficient (Wildman–Crippen LogP) is 6.21. The van der Waals surface area contributed by atoms with E-state index < -0.39 is 23.4 Å². The van der Waals surface area contributed by atoms with Gasteiger partial charge in [0.1, 0.15) is 5.69 Å². The molecular formula is C24H15F5N4O. The van der Waals surface area contributed by atoms with Crippen molar-refractivity contribution >= 4 is 17.6 Å². The summed E-state index contributed by atoms with van der Waals surface area (Å²) in [5.74, 6) is -1.55. The molecule has 3 aromatic rings. The van der Waals surface area contributed by atoms with Crippen LogP contribution in [0.3, 0.4) is 0 Å². The third kappa shape index (κ3) is 4.26. The SMILES string of the molecule is Fc1cccc(C2=CCC3=CN(Cc4cc(-c5ccc(C(F)(F)F)cc5)on4)N=CC3=N2)c1F. The minimum atomic E-state index is -4.41. The molecule has 0 amide bonds. The van der Waals surface area contributed by atoms with Gasteiger partial charge in [-0.15, -0.1) is 0 Å². The van der Waals surface area contributed by atoms with Crippen molar-refractivity contribution in [1.82, 2.24) is 10.2 Å². The maximum Gasteiger partial charge on any atom is 0.416 e. The molecule has 0 atom stereocenters. The molecule has 0 aliphatic carbocycles. The predicted molar refractivity (Wildman–Crippen MR) is 115 cm³/mol. The highest BCUT2D eigenvalue weighted by Gasteiger charge is 2.30. The largest absolute Gasteiger partial charge is 0.416 e. The third-order valence-corrected chi connectivity index (χ3v) is 5.33. The van der Waals surface area contributed by atoms with Crippen LogP contribution in [0.25, 0.3) is 17.0 Å². The summed E-state index contributed by atoms with van der Waals surface area (Å²) in [4.78, 5) is 4.40. The van der Waals surface area contributed by atoms with E-state index in [9.17, 15) is 22.0 Å². The minimum Gasteiger partial charge on any atom is -0.356 e. The maximum atomic E-state index is 14.1. The first-order valence-electron chi connectivity index (χ1n) is 10.2. The van der Waals surface area contributed by atoms with Crippen LogP contribution in [-0.4, -0.2) is 22.1 Å². The topological polar surface area (TPSA) is 54.0 Å². The van der Waals surface area contributed by atoms with Gasteiger partial charge in [0.15, 0.2) is 17.4 Å². The summed E-state index contributed by atoms with van der Waals surface area (Å²) in [7, 11) is 0. The average Bonchev–Trinajstić information content (AvgIpc) is 3.28. The molecule has 0 saturated carbocycles. The summed E-state index contributed by atoms with van der Waals surface area (Å²) in [6.45, 7) is 0.256. The molecule has 5 nitrogen and oxygen atoms in total. The Morgan fingerprint density at radius 3 is 2.59 bits per heavy atom. The zero-order valence-corrected chi connectivity index (χ0v) is 17.4. The second kappa shape index (κ2) is 8.36. The molecular weight excluding hydrogens is 455 g/mol. The molecule has 0 fully saturated rings. The number of rotatable bonds is 4. The lowest BCUT2D eigenvalue weighted by Gasteiger charge is -2.22. The summed E-state index contributed by atoms with van der Waals surface area (Å²) in [5.41, 5.74) is 2.05. The molecule has 3 heterocycles. The molecule has 0 bridgehead atoms. The van der Waals surface area contributed by atoms with Gasteiger partial charge in [0.2, 0.25) is 0 Å². The quantitative estimate of drug-likeness (QED) is 0.426. The number of benzene rings is 2. The van der Waals surface area contributed by atoms with Gasteiger partial charge in [-0.05, 0) is 30.7 Å². The van der Waals surface area contributed by atoms with Crippen LogP contribution in [0.15, 0.2) is 81.0 Å². The van der Waals surface area contributed by atoms with Crippen LogP contribution >= 0.6 is 0 Å². The Balaban J connectivity index is 1.28. The molecule has 2 aliphatic rings. The molecule has 172 valence electrons. The maximum absolute atomic E-state index is 14.1. The van der Waals surface area contributed by atoms with E-state index in [1.807, 2.05) is 0 Å². The van der Waals surface area contributed by atoms with Crippen molar-refractivity contribution in [3.8, 4) is 11.3 Å². The number of hydrogen-bond donors (Lipinski definition) is 0. The van der Waals surface area contributed by atoms with Crippen LogP contribution in [0.5, 0.6) is 0 Å². The van der Waals surface area contributed by atoms with Crippen LogP contribution in [0.2, 0.25) is 0 Å². The summed E-state index contributed by atoms with van der Waals surface area (Å²) in [6.07, 6.45) is 1.04. The zero-order valence-electron chi connectivity index (χ0n) is 17.4. The highest BCUT2D eigenvalue weighted by molar-refractivity contribution is 6.39. The fourth-order valence-electron chi connectivity index (χ4n) is 3.60. The molecule has 0 spiro atoms. The first kappa shape index (κ1) is 21.7. The van der Waals surface area contributed by atoms with Crippen molar-refractivity contribution in [1.29, 1.82) is 0 Å². The Labute approximate surface area is 190 Å². The van der Waals surface area contributed by atoms with E-state index in [4.69, 9.17) is 4.52 Å². The van der Waals surface area contributed by atoms with Crippen LogP contribution in [0, 0.1) is 11.6 Å². The number of fused-ring (bicyclic) bond motifs is 1. The minimum absolute atomic E-state index is 0.0840. The Morgan fingerprint density at radius 2 is 1.82 bits per heavy atom. The van der Waals surface area contributed by atoms with E-state index in [1.54, 1.807) is 23.4 Å². The fourth-order valence-corrected chi connectivity index (χ4v) is 3.60. The summed E-state index contributed by atoms with van der Waals surface area (Å²) in [5, 5.41) is 9.88. The van der Waals surface area contributed by atoms with Crippen molar-refractivity contribution in [3.63, 3.8) is 0 Å². The van der Waals surface area contributed by atoms with Crippen molar-refractivity contribution in [3.05, 3.63) is 94.8 Å². The molecule has 2 aliphatic heterocycles. The summed E-state index contributed by atoms with van der Waals surface area (Å²) < 4.78 is 71.2. The number of nitrogens with zero attached hydrogens (tertiary/aromatic N) is 4. The highest BCUT2D eigenvalue weighted by atomic mass is 19.4. The fraction of sp³-hybridized carbons (Fsp3) is 0.125. The van der Waals surface area contributed by atoms with Crippen LogP contribution in [-0.2, 0) is 12.7 Å². The zero-order chi connectivity index (χ0) is 23.9. The number of allylic oxidation sites excluding steroid dienone is 2. The van der Waals surface area contributed by atoms with Gasteiger partial charge in [-0.3, -0.25) is 5.01 Å². The van der Waals surface area contributed by atoms with Gasteiger partial charge in [0.25, 0.3) is 0 Å². The van der Waals surface area contributed by atoms with Crippen molar-refractivity contribution in [2.75, 3.05) is 0 Å². The first-order chi connectivity index (χ1) is 16.3. The van der Waals surface area contributed by atoms with E-state index >= 15 is 0 Å². The smallest absolute Gasteiger partial charge is 0.356 e. The lowest BCUT2D eigenvalue weighted by Crippen LogP contribution is -2.22. The van der Waals surface area contributed by atoms with Crippen molar-refractivity contribution < 1.29 is 26.5 Å². The summed E-state index contributed by atoms with van der Waals surface area (Å²) in [6, 6.07) is 10.2. The number of aliphatic imine (C=N–C) groups is 1. The lowest BCUT2D eigenvalue weighted by molar-refractivity contribution is -0.137. The number of hydrazone groups is 1. The van der Waals surface area contributed by atoms with E-state index in [-0.39, 0.29) is 12.1 Å². The molecule has 0 radical (unpaired) electrons. The van der Waals surface area contributed by atoms with Gasteiger partial charge in [-0.2, -0.15) is 18.3 Å².